The van der Waals surface area contributed by atoms with Gasteiger partial charge in [0.2, 0.25) is 0 Å². The van der Waals surface area contributed by atoms with Gasteiger partial charge in [-0.25, -0.2) is 0 Å². The molecule has 0 heterocycles. The van der Waals surface area contributed by atoms with Crippen molar-refractivity contribution in [3.8, 4) is 0 Å². The summed E-state index contributed by atoms with van der Waals surface area (Å²) in [6, 6.07) is 11.7. The lowest BCUT2D eigenvalue weighted by molar-refractivity contribution is -0.496. The molecule has 0 unspecified atom stereocenters. The van der Waals surface area contributed by atoms with Crippen LogP contribution >= 0.6 is 11.8 Å². The molecule has 0 spiro atoms. The second kappa shape index (κ2) is 8.68. The molecule has 2 aromatic rings. The van der Waals surface area contributed by atoms with Crippen molar-refractivity contribution >= 4 is 29.6 Å². The predicted octanol–water partition coefficient (Wildman–Crippen LogP) is 3.81. The fourth-order valence-electron chi connectivity index (χ4n) is 2.10. The van der Waals surface area contributed by atoms with Crippen LogP contribution in [0.1, 0.15) is 11.1 Å². The molecule has 2 rings (SSSR count). The van der Waals surface area contributed by atoms with Gasteiger partial charge in [-0.2, -0.15) is 13.2 Å². The summed E-state index contributed by atoms with van der Waals surface area (Å²) in [7, 11) is 0. The summed E-state index contributed by atoms with van der Waals surface area (Å²) in [5.74, 6) is -0.925. The number of carboxylic acid groups (broad SMARTS) is 1. The van der Waals surface area contributed by atoms with E-state index in [-0.39, 0.29) is 6.42 Å². The number of allylic oxidation sites excluding steroid dienone is 1. The van der Waals surface area contributed by atoms with Gasteiger partial charge in [0.05, 0.1) is 16.9 Å². The third-order valence-electron chi connectivity index (χ3n) is 3.31. The Kier molecular flexibility index (Phi) is 6.59. The Morgan fingerprint density at radius 1 is 1.19 bits per heavy atom. The third kappa shape index (κ3) is 6.05. The predicted molar refractivity (Wildman–Crippen MR) is 93.5 cm³/mol. The molecule has 0 aromatic heterocycles. The molecular formula is C18H16F3N2O2S+. The molecule has 0 aliphatic carbocycles. The van der Waals surface area contributed by atoms with Crippen LogP contribution in [-0.2, 0) is 17.4 Å². The van der Waals surface area contributed by atoms with E-state index in [1.807, 2.05) is 0 Å². The van der Waals surface area contributed by atoms with E-state index in [4.69, 9.17) is 10.5 Å². The number of thioether (sulfide) groups is 1. The molecule has 0 atom stereocenters. The number of quaternary nitrogens is 1. The van der Waals surface area contributed by atoms with Crippen LogP contribution in [-0.4, -0.2) is 17.3 Å². The molecule has 26 heavy (non-hydrogen) atoms. The molecule has 0 aliphatic heterocycles. The summed E-state index contributed by atoms with van der Waals surface area (Å²) in [5, 5.41) is 17.9. The van der Waals surface area contributed by atoms with E-state index in [0.29, 0.717) is 16.2 Å². The molecule has 0 saturated carbocycles. The Morgan fingerprint density at radius 2 is 1.88 bits per heavy atom. The van der Waals surface area contributed by atoms with Crippen molar-refractivity contribution in [2.75, 3.05) is 0 Å². The van der Waals surface area contributed by atoms with E-state index >= 15 is 0 Å². The molecular weight excluding hydrogens is 365 g/mol. The van der Waals surface area contributed by atoms with Crippen molar-refractivity contribution in [3.05, 3.63) is 70.8 Å². The van der Waals surface area contributed by atoms with Gasteiger partial charge in [-0.05, 0) is 42.0 Å². The normalized spacial score (nSPS) is 12.0. The second-order valence-electron chi connectivity index (χ2n) is 5.32. The van der Waals surface area contributed by atoms with E-state index in [1.54, 1.807) is 35.8 Å². The van der Waals surface area contributed by atoms with Crippen LogP contribution in [0, 0.1) is 5.41 Å². The highest BCUT2D eigenvalue weighted by atomic mass is 32.2. The van der Waals surface area contributed by atoms with Crippen molar-refractivity contribution in [1.29, 1.82) is 5.41 Å². The molecule has 136 valence electrons. The van der Waals surface area contributed by atoms with Gasteiger partial charge in [-0.1, -0.05) is 23.9 Å². The lowest BCUT2D eigenvalue weighted by atomic mass is 10.2. The van der Waals surface area contributed by atoms with Crippen LogP contribution in [0.4, 0.5) is 18.9 Å². The van der Waals surface area contributed by atoms with E-state index < -0.39 is 17.7 Å². The first kappa shape index (κ1) is 19.7. The SMILES string of the molecule is N=C/C(=C\[NH2+]c1ccc(C(F)(F)F)cc1)Sc1cccc(CC(=O)O)c1. The number of nitrogens with one attached hydrogen (secondary N) is 1. The van der Waals surface area contributed by atoms with Crippen molar-refractivity contribution in [3.63, 3.8) is 0 Å². The number of hydrogen-bond donors (Lipinski definition) is 3. The molecule has 8 heteroatoms. The highest BCUT2D eigenvalue weighted by molar-refractivity contribution is 8.03. The van der Waals surface area contributed by atoms with Gasteiger partial charge in [0.15, 0.2) is 0 Å². The summed E-state index contributed by atoms with van der Waals surface area (Å²) in [6.45, 7) is 0. The highest BCUT2D eigenvalue weighted by Crippen LogP contribution is 2.29. The lowest BCUT2D eigenvalue weighted by Crippen LogP contribution is -2.71. The Morgan fingerprint density at radius 3 is 2.46 bits per heavy atom. The Bertz CT molecular complexity index is 818. The first-order chi connectivity index (χ1) is 12.3. The van der Waals surface area contributed by atoms with E-state index in [9.17, 15) is 18.0 Å². The number of carboxylic acids is 1. The Balaban J connectivity index is 2.06. The van der Waals surface area contributed by atoms with E-state index in [1.165, 1.54) is 23.9 Å². The number of hydrogen-bond acceptors (Lipinski definition) is 3. The van der Waals surface area contributed by atoms with Gasteiger partial charge < -0.3 is 10.5 Å². The minimum Gasteiger partial charge on any atom is -0.481 e. The molecule has 0 saturated heterocycles. The zero-order chi connectivity index (χ0) is 19.2. The minimum atomic E-state index is -4.37. The van der Waals surface area contributed by atoms with Crippen LogP contribution in [0.25, 0.3) is 0 Å². The van der Waals surface area contributed by atoms with Gasteiger partial charge >= 0.3 is 12.1 Å². The zero-order valence-electron chi connectivity index (χ0n) is 13.5. The molecule has 4 nitrogen and oxygen atoms in total. The number of aliphatic carboxylic acids is 1. The first-order valence-electron chi connectivity index (χ1n) is 7.49. The Labute approximate surface area is 152 Å². The number of halogens is 3. The number of nitrogens with two attached hydrogens (primary N) is 1. The topological polar surface area (TPSA) is 77.8 Å². The van der Waals surface area contributed by atoms with Crippen LogP contribution in [0.15, 0.2) is 64.5 Å². The van der Waals surface area contributed by atoms with Crippen LogP contribution < -0.4 is 5.32 Å². The maximum absolute atomic E-state index is 12.6. The number of rotatable bonds is 7. The molecule has 0 fully saturated rings. The number of alkyl halides is 3. The van der Waals surface area contributed by atoms with Crippen molar-refractivity contribution in [2.45, 2.75) is 17.5 Å². The average molecular weight is 381 g/mol. The third-order valence-corrected chi connectivity index (χ3v) is 4.29. The fourth-order valence-corrected chi connectivity index (χ4v) is 2.93. The van der Waals surface area contributed by atoms with Crippen molar-refractivity contribution in [2.24, 2.45) is 0 Å². The second-order valence-corrected chi connectivity index (χ2v) is 6.47. The van der Waals surface area contributed by atoms with Crippen LogP contribution in [0.5, 0.6) is 0 Å². The van der Waals surface area contributed by atoms with E-state index in [2.05, 4.69) is 0 Å². The number of carbonyl (C=O) groups is 1. The van der Waals surface area contributed by atoms with Gasteiger partial charge in [0.25, 0.3) is 0 Å². The molecule has 0 amide bonds. The van der Waals surface area contributed by atoms with Crippen molar-refractivity contribution in [1.82, 2.24) is 0 Å². The molecule has 2 aromatic carbocycles. The molecule has 0 aliphatic rings. The number of benzene rings is 2. The van der Waals surface area contributed by atoms with Gasteiger partial charge in [-0.3, -0.25) is 10.1 Å². The maximum atomic E-state index is 12.6. The maximum Gasteiger partial charge on any atom is 0.416 e. The highest BCUT2D eigenvalue weighted by Gasteiger charge is 2.30. The summed E-state index contributed by atoms with van der Waals surface area (Å²) in [5.41, 5.74) is 0.520. The molecule has 0 bridgehead atoms. The monoisotopic (exact) mass is 381 g/mol. The van der Waals surface area contributed by atoms with Crippen LogP contribution in [0.2, 0.25) is 0 Å². The quantitative estimate of drug-likeness (QED) is 0.388. The van der Waals surface area contributed by atoms with Crippen LogP contribution in [0.3, 0.4) is 0 Å². The standard InChI is InChI=1S/C18H15F3N2O2S/c19-18(20,21)13-4-6-14(7-5-13)23-11-16(10-22)26-15-3-1-2-12(8-15)9-17(24)25/h1-8,10-11,22-23H,9H2,(H,24,25)/p+1/b16-11+,22-10?. The molecule has 0 radical (unpaired) electrons. The molecule has 4 N–H and O–H groups in total. The average Bonchev–Trinajstić information content (AvgIpc) is 2.58. The Hall–Kier alpha value is -2.58. The summed E-state index contributed by atoms with van der Waals surface area (Å²) in [6.07, 6.45) is -1.69. The zero-order valence-corrected chi connectivity index (χ0v) is 14.3. The fraction of sp³-hybridized carbons (Fsp3) is 0.111. The largest absolute Gasteiger partial charge is 0.481 e. The van der Waals surface area contributed by atoms with E-state index in [0.717, 1.165) is 23.2 Å². The minimum absolute atomic E-state index is 0.0876. The summed E-state index contributed by atoms with van der Waals surface area (Å²) in [4.78, 5) is 12.1. The van der Waals surface area contributed by atoms with Gasteiger partial charge in [0.1, 0.15) is 11.9 Å². The first-order valence-corrected chi connectivity index (χ1v) is 8.31. The smallest absolute Gasteiger partial charge is 0.416 e. The lowest BCUT2D eigenvalue weighted by Gasteiger charge is -2.06. The van der Waals surface area contributed by atoms with Gasteiger partial charge in [0, 0.05) is 11.1 Å². The van der Waals surface area contributed by atoms with Gasteiger partial charge in [-0.15, -0.1) is 0 Å². The summed E-state index contributed by atoms with van der Waals surface area (Å²) < 4.78 is 37.7. The van der Waals surface area contributed by atoms with Crippen molar-refractivity contribution < 1.29 is 28.4 Å². The summed E-state index contributed by atoms with van der Waals surface area (Å²) >= 11 is 1.27.